The molecular formula is C9H10N2O3. The Hall–Kier alpha value is -1.62. The third-order valence-electron chi connectivity index (χ3n) is 2.08. The van der Waals surface area contributed by atoms with Gasteiger partial charge in [-0.25, -0.2) is 0 Å². The van der Waals surface area contributed by atoms with Crippen molar-refractivity contribution in [3.63, 3.8) is 0 Å². The van der Waals surface area contributed by atoms with Gasteiger partial charge in [-0.05, 0) is 12.1 Å². The van der Waals surface area contributed by atoms with Crippen molar-refractivity contribution in [3.8, 4) is 0 Å². The van der Waals surface area contributed by atoms with Crippen molar-refractivity contribution in [3.05, 3.63) is 34.2 Å². The number of aromatic amines is 1. The molecule has 0 bridgehead atoms. The molecule has 2 rings (SSSR count). The second kappa shape index (κ2) is 3.63. The highest BCUT2D eigenvalue weighted by molar-refractivity contribution is 5.78. The second-order valence-electron chi connectivity index (χ2n) is 3.09. The predicted octanol–water partition coefficient (Wildman–Crippen LogP) is -0.438. The molecule has 1 aliphatic heterocycles. The largest absolute Gasteiger partial charge is 0.369 e. The highest BCUT2D eigenvalue weighted by atomic mass is 16.5. The van der Waals surface area contributed by atoms with Crippen LogP contribution < -0.4 is 10.9 Å². The fraction of sp³-hybridized carbons (Fsp3) is 0.333. The average molecular weight is 194 g/mol. The molecule has 1 saturated heterocycles. The van der Waals surface area contributed by atoms with Crippen LogP contribution in [0.3, 0.4) is 0 Å². The summed E-state index contributed by atoms with van der Waals surface area (Å²) in [6, 6.07) is 3.07. The molecule has 0 saturated carbocycles. The van der Waals surface area contributed by atoms with E-state index in [1.54, 1.807) is 18.3 Å². The van der Waals surface area contributed by atoms with Crippen LogP contribution >= 0.6 is 0 Å². The summed E-state index contributed by atoms with van der Waals surface area (Å²) in [5.41, 5.74) is 0.337. The van der Waals surface area contributed by atoms with Gasteiger partial charge in [0.1, 0.15) is 6.61 Å². The first-order valence-electron chi connectivity index (χ1n) is 4.32. The van der Waals surface area contributed by atoms with Crippen LogP contribution in [-0.4, -0.2) is 24.1 Å². The Morgan fingerprint density at radius 1 is 1.43 bits per heavy atom. The number of nitrogens with one attached hydrogen (secondary N) is 2. The van der Waals surface area contributed by atoms with Crippen molar-refractivity contribution < 1.29 is 9.53 Å². The Morgan fingerprint density at radius 2 is 2.29 bits per heavy atom. The third kappa shape index (κ3) is 1.67. The van der Waals surface area contributed by atoms with Crippen LogP contribution in [0.2, 0.25) is 0 Å². The molecule has 2 N–H and O–H groups in total. The van der Waals surface area contributed by atoms with Crippen LogP contribution in [-0.2, 0) is 9.53 Å². The number of ether oxygens (including phenoxy) is 1. The number of hydrogen-bond donors (Lipinski definition) is 2. The fourth-order valence-corrected chi connectivity index (χ4v) is 1.42. The Balaban J connectivity index is 2.26. The van der Waals surface area contributed by atoms with E-state index in [9.17, 15) is 9.59 Å². The van der Waals surface area contributed by atoms with Gasteiger partial charge in [-0.2, -0.15) is 0 Å². The van der Waals surface area contributed by atoms with Crippen molar-refractivity contribution in [2.24, 2.45) is 0 Å². The van der Waals surface area contributed by atoms with E-state index in [0.29, 0.717) is 12.2 Å². The van der Waals surface area contributed by atoms with Crippen molar-refractivity contribution in [1.82, 2.24) is 10.3 Å². The molecule has 5 nitrogen and oxygen atoms in total. The van der Waals surface area contributed by atoms with E-state index in [2.05, 4.69) is 10.3 Å². The van der Waals surface area contributed by atoms with Gasteiger partial charge >= 0.3 is 0 Å². The zero-order chi connectivity index (χ0) is 9.97. The molecule has 14 heavy (non-hydrogen) atoms. The van der Waals surface area contributed by atoms with E-state index in [1.165, 1.54) is 0 Å². The maximum absolute atomic E-state index is 11.4. The number of hydrogen-bond acceptors (Lipinski definition) is 3. The first kappa shape index (κ1) is 8.96. The number of rotatable bonds is 1. The number of H-pyrrole nitrogens is 1. The minimum Gasteiger partial charge on any atom is -0.369 e. The van der Waals surface area contributed by atoms with E-state index in [1.807, 2.05) is 0 Å². The van der Waals surface area contributed by atoms with Crippen molar-refractivity contribution in [2.75, 3.05) is 13.2 Å². The summed E-state index contributed by atoms with van der Waals surface area (Å²) in [6.07, 6.45) is 1.55. The molecule has 2 heterocycles. The molecule has 1 fully saturated rings. The van der Waals surface area contributed by atoms with Crippen molar-refractivity contribution >= 4 is 5.91 Å². The Morgan fingerprint density at radius 3 is 3.00 bits per heavy atom. The van der Waals surface area contributed by atoms with Gasteiger partial charge in [0.25, 0.3) is 5.56 Å². The van der Waals surface area contributed by atoms with Gasteiger partial charge in [-0.1, -0.05) is 0 Å². The first-order valence-corrected chi connectivity index (χ1v) is 4.32. The van der Waals surface area contributed by atoms with Crippen LogP contribution in [0, 0.1) is 0 Å². The zero-order valence-electron chi connectivity index (χ0n) is 7.45. The molecule has 0 aromatic carbocycles. The quantitative estimate of drug-likeness (QED) is 0.636. The normalized spacial score (nSPS) is 21.7. The van der Waals surface area contributed by atoms with Crippen LogP contribution in [0.1, 0.15) is 11.6 Å². The summed E-state index contributed by atoms with van der Waals surface area (Å²) < 4.78 is 5.04. The number of morpholine rings is 1. The summed E-state index contributed by atoms with van der Waals surface area (Å²) in [4.78, 5) is 24.9. The van der Waals surface area contributed by atoms with Gasteiger partial charge in [0.15, 0.2) is 0 Å². The van der Waals surface area contributed by atoms with E-state index in [0.717, 1.165) is 0 Å². The van der Waals surface area contributed by atoms with Crippen molar-refractivity contribution in [1.29, 1.82) is 0 Å². The third-order valence-corrected chi connectivity index (χ3v) is 2.08. The van der Waals surface area contributed by atoms with Crippen LogP contribution in [0.5, 0.6) is 0 Å². The van der Waals surface area contributed by atoms with E-state index >= 15 is 0 Å². The zero-order valence-corrected chi connectivity index (χ0v) is 7.45. The lowest BCUT2D eigenvalue weighted by molar-refractivity contribution is -0.131. The van der Waals surface area contributed by atoms with E-state index in [4.69, 9.17) is 4.74 Å². The van der Waals surface area contributed by atoms with Gasteiger partial charge in [-0.3, -0.25) is 9.59 Å². The molecule has 0 radical (unpaired) electrons. The molecule has 1 atom stereocenters. The monoisotopic (exact) mass is 194 g/mol. The molecule has 1 aromatic heterocycles. The lowest BCUT2D eigenvalue weighted by Gasteiger charge is -2.22. The topological polar surface area (TPSA) is 71.2 Å². The van der Waals surface area contributed by atoms with E-state index in [-0.39, 0.29) is 24.1 Å². The first-order chi connectivity index (χ1) is 6.77. The Bertz CT molecular complexity index is 399. The summed E-state index contributed by atoms with van der Waals surface area (Å²) in [5, 5.41) is 2.69. The minimum absolute atomic E-state index is 0.0707. The summed E-state index contributed by atoms with van der Waals surface area (Å²) in [6.45, 7) is 0.417. The van der Waals surface area contributed by atoms with Crippen LogP contribution in [0.4, 0.5) is 0 Å². The highest BCUT2D eigenvalue weighted by Crippen LogP contribution is 2.10. The molecule has 5 heteroatoms. The average Bonchev–Trinajstić information content (AvgIpc) is 2.18. The lowest BCUT2D eigenvalue weighted by Crippen LogP contribution is -2.41. The fourth-order valence-electron chi connectivity index (χ4n) is 1.42. The summed E-state index contributed by atoms with van der Waals surface area (Å²) in [5.74, 6) is -0.190. The summed E-state index contributed by atoms with van der Waals surface area (Å²) >= 11 is 0. The standard InChI is InChI=1S/C9H10N2O3/c12-8-5-14-4-7(11-8)6-2-1-3-10-9(6)13/h1-3,7H,4-5H2,(H,10,13)(H,11,12)/t7-/m1/s1. The summed E-state index contributed by atoms with van der Waals surface area (Å²) in [7, 11) is 0. The molecule has 0 aliphatic carbocycles. The molecular weight excluding hydrogens is 184 g/mol. The molecule has 1 aliphatic rings. The smallest absolute Gasteiger partial charge is 0.253 e. The van der Waals surface area contributed by atoms with Gasteiger partial charge in [0.2, 0.25) is 5.91 Å². The minimum atomic E-state index is -0.332. The SMILES string of the molecule is O=C1COC[C@H](c2ccc[nH]c2=O)N1. The lowest BCUT2D eigenvalue weighted by atomic mass is 10.1. The number of carbonyl (C=O) groups is 1. The second-order valence-corrected chi connectivity index (χ2v) is 3.09. The Labute approximate surface area is 80.1 Å². The Kier molecular flexibility index (Phi) is 2.32. The number of pyridine rings is 1. The van der Waals surface area contributed by atoms with Crippen LogP contribution in [0.15, 0.2) is 23.1 Å². The van der Waals surface area contributed by atoms with Gasteiger partial charge in [0, 0.05) is 11.8 Å². The molecule has 1 aromatic rings. The molecule has 74 valence electrons. The molecule has 0 spiro atoms. The molecule has 1 amide bonds. The maximum Gasteiger partial charge on any atom is 0.253 e. The molecule has 0 unspecified atom stereocenters. The number of aromatic nitrogens is 1. The van der Waals surface area contributed by atoms with Gasteiger partial charge < -0.3 is 15.0 Å². The predicted molar refractivity (Wildman–Crippen MR) is 48.8 cm³/mol. The van der Waals surface area contributed by atoms with Crippen molar-refractivity contribution in [2.45, 2.75) is 6.04 Å². The van der Waals surface area contributed by atoms with Crippen LogP contribution in [0.25, 0.3) is 0 Å². The number of amides is 1. The van der Waals surface area contributed by atoms with E-state index < -0.39 is 0 Å². The van der Waals surface area contributed by atoms with Gasteiger partial charge in [-0.15, -0.1) is 0 Å². The maximum atomic E-state index is 11.4. The highest BCUT2D eigenvalue weighted by Gasteiger charge is 2.21. The number of carbonyl (C=O) groups excluding carboxylic acids is 1. The van der Waals surface area contributed by atoms with Gasteiger partial charge in [0.05, 0.1) is 12.6 Å².